The molecule has 0 saturated carbocycles. The van der Waals surface area contributed by atoms with E-state index in [9.17, 15) is 0 Å². The van der Waals surface area contributed by atoms with Crippen LogP contribution in [0.5, 0.6) is 0 Å². The van der Waals surface area contributed by atoms with Crippen molar-refractivity contribution < 1.29 is 14.2 Å². The summed E-state index contributed by atoms with van der Waals surface area (Å²) in [5.41, 5.74) is 5.55. The second-order valence-electron chi connectivity index (χ2n) is 4.18. The van der Waals surface area contributed by atoms with Gasteiger partial charge >= 0.3 is 0 Å². The standard InChI is InChI=1S/C12H27NO3/c1-4-16-12(9-13)5-6-14-7-8-15-10-11(2)3/h11-12H,4-10,13H2,1-3H3. The molecule has 0 rings (SSSR count). The van der Waals surface area contributed by atoms with E-state index >= 15 is 0 Å². The first-order chi connectivity index (χ1) is 7.70. The van der Waals surface area contributed by atoms with E-state index in [1.807, 2.05) is 6.92 Å². The Morgan fingerprint density at radius 3 is 2.31 bits per heavy atom. The summed E-state index contributed by atoms with van der Waals surface area (Å²) in [6.45, 7) is 10.3. The fourth-order valence-electron chi connectivity index (χ4n) is 1.26. The van der Waals surface area contributed by atoms with E-state index in [1.54, 1.807) is 0 Å². The normalized spacial score (nSPS) is 13.3. The molecule has 0 bridgehead atoms. The van der Waals surface area contributed by atoms with Crippen LogP contribution in [0.25, 0.3) is 0 Å². The summed E-state index contributed by atoms with van der Waals surface area (Å²) in [5.74, 6) is 0.583. The molecule has 0 aromatic carbocycles. The van der Waals surface area contributed by atoms with Crippen molar-refractivity contribution in [1.82, 2.24) is 0 Å². The Kier molecular flexibility index (Phi) is 11.2. The molecule has 1 unspecified atom stereocenters. The number of nitrogens with two attached hydrogens (primary N) is 1. The minimum Gasteiger partial charge on any atom is -0.379 e. The quantitative estimate of drug-likeness (QED) is 0.549. The predicted octanol–water partition coefficient (Wildman–Crippen LogP) is 1.43. The van der Waals surface area contributed by atoms with Crippen LogP contribution in [0.15, 0.2) is 0 Å². The van der Waals surface area contributed by atoms with Crippen LogP contribution in [0.4, 0.5) is 0 Å². The summed E-state index contributed by atoms with van der Waals surface area (Å²) in [6.07, 6.45) is 0.982. The van der Waals surface area contributed by atoms with Crippen LogP contribution in [0.1, 0.15) is 27.2 Å². The minimum atomic E-state index is 0.126. The van der Waals surface area contributed by atoms with Gasteiger partial charge in [0.1, 0.15) is 0 Å². The van der Waals surface area contributed by atoms with E-state index in [1.165, 1.54) is 0 Å². The van der Waals surface area contributed by atoms with Gasteiger partial charge in [0.25, 0.3) is 0 Å². The van der Waals surface area contributed by atoms with Gasteiger partial charge in [-0.15, -0.1) is 0 Å². The highest BCUT2D eigenvalue weighted by Crippen LogP contribution is 1.97. The van der Waals surface area contributed by atoms with Crippen LogP contribution in [-0.4, -0.2) is 45.7 Å². The number of rotatable bonds is 11. The monoisotopic (exact) mass is 233 g/mol. The molecule has 0 aromatic heterocycles. The number of ether oxygens (including phenoxy) is 3. The highest BCUT2D eigenvalue weighted by molar-refractivity contribution is 4.57. The molecule has 0 radical (unpaired) electrons. The van der Waals surface area contributed by atoms with Crippen LogP contribution in [0, 0.1) is 5.92 Å². The maximum absolute atomic E-state index is 5.55. The third kappa shape index (κ3) is 10.4. The van der Waals surface area contributed by atoms with E-state index in [0.29, 0.717) is 38.9 Å². The predicted molar refractivity (Wildman–Crippen MR) is 65.6 cm³/mol. The fraction of sp³-hybridized carbons (Fsp3) is 1.00. The Hall–Kier alpha value is -0.160. The summed E-state index contributed by atoms with van der Waals surface area (Å²) in [7, 11) is 0. The fourth-order valence-corrected chi connectivity index (χ4v) is 1.26. The first kappa shape index (κ1) is 15.8. The highest BCUT2D eigenvalue weighted by atomic mass is 16.5. The zero-order chi connectivity index (χ0) is 12.2. The van der Waals surface area contributed by atoms with Crippen molar-refractivity contribution in [3.8, 4) is 0 Å². The van der Waals surface area contributed by atoms with Gasteiger partial charge in [-0.25, -0.2) is 0 Å². The number of hydrogen-bond donors (Lipinski definition) is 1. The molecule has 4 heteroatoms. The second kappa shape index (κ2) is 11.3. The summed E-state index contributed by atoms with van der Waals surface area (Å²) < 4.78 is 16.2. The van der Waals surface area contributed by atoms with Crippen LogP contribution in [-0.2, 0) is 14.2 Å². The molecule has 0 amide bonds. The van der Waals surface area contributed by atoms with Gasteiger partial charge in [-0.3, -0.25) is 0 Å². The molecule has 98 valence electrons. The highest BCUT2D eigenvalue weighted by Gasteiger charge is 2.04. The largest absolute Gasteiger partial charge is 0.379 e. The van der Waals surface area contributed by atoms with Crippen molar-refractivity contribution in [1.29, 1.82) is 0 Å². The molecule has 0 aliphatic carbocycles. The smallest absolute Gasteiger partial charge is 0.0719 e. The molecule has 16 heavy (non-hydrogen) atoms. The zero-order valence-corrected chi connectivity index (χ0v) is 10.9. The van der Waals surface area contributed by atoms with Gasteiger partial charge in [-0.2, -0.15) is 0 Å². The maximum Gasteiger partial charge on any atom is 0.0719 e. The second-order valence-corrected chi connectivity index (χ2v) is 4.18. The van der Waals surface area contributed by atoms with E-state index in [2.05, 4.69) is 13.8 Å². The van der Waals surface area contributed by atoms with Gasteiger partial charge in [0.15, 0.2) is 0 Å². The zero-order valence-electron chi connectivity index (χ0n) is 10.9. The third-order valence-electron chi connectivity index (χ3n) is 2.07. The minimum absolute atomic E-state index is 0.126. The lowest BCUT2D eigenvalue weighted by Gasteiger charge is -2.14. The van der Waals surface area contributed by atoms with E-state index < -0.39 is 0 Å². The van der Waals surface area contributed by atoms with Crippen molar-refractivity contribution >= 4 is 0 Å². The molecule has 0 saturated heterocycles. The molecular weight excluding hydrogens is 206 g/mol. The average Bonchev–Trinajstić information content (AvgIpc) is 2.26. The molecule has 0 aromatic rings. The van der Waals surface area contributed by atoms with E-state index in [-0.39, 0.29) is 6.10 Å². The van der Waals surface area contributed by atoms with E-state index in [0.717, 1.165) is 13.0 Å². The van der Waals surface area contributed by atoms with Crippen molar-refractivity contribution in [3.05, 3.63) is 0 Å². The van der Waals surface area contributed by atoms with Crippen LogP contribution < -0.4 is 5.73 Å². The lowest BCUT2D eigenvalue weighted by molar-refractivity contribution is 0.00920. The van der Waals surface area contributed by atoms with Crippen LogP contribution >= 0.6 is 0 Å². The van der Waals surface area contributed by atoms with Gasteiger partial charge in [0, 0.05) is 26.4 Å². The van der Waals surface area contributed by atoms with Gasteiger partial charge in [-0.05, 0) is 19.3 Å². The van der Waals surface area contributed by atoms with Crippen LogP contribution in [0.3, 0.4) is 0 Å². The van der Waals surface area contributed by atoms with Crippen molar-refractivity contribution in [3.63, 3.8) is 0 Å². The number of hydrogen-bond acceptors (Lipinski definition) is 4. The molecule has 0 aliphatic rings. The Balaban J connectivity index is 3.19. The molecule has 0 spiro atoms. The molecule has 1 atom stereocenters. The molecular formula is C12H27NO3. The Labute approximate surface area is 99.4 Å². The molecule has 0 heterocycles. The average molecular weight is 233 g/mol. The van der Waals surface area contributed by atoms with E-state index in [4.69, 9.17) is 19.9 Å². The van der Waals surface area contributed by atoms with Crippen LogP contribution in [0.2, 0.25) is 0 Å². The molecule has 2 N–H and O–H groups in total. The lowest BCUT2D eigenvalue weighted by atomic mass is 10.2. The van der Waals surface area contributed by atoms with Gasteiger partial charge in [0.2, 0.25) is 0 Å². The Morgan fingerprint density at radius 1 is 1.06 bits per heavy atom. The van der Waals surface area contributed by atoms with Gasteiger partial charge in [0.05, 0.1) is 19.3 Å². The van der Waals surface area contributed by atoms with Crippen molar-refractivity contribution in [2.24, 2.45) is 11.7 Å². The SMILES string of the molecule is CCOC(CN)CCOCCOCC(C)C. The molecule has 0 aliphatic heterocycles. The molecule has 0 fully saturated rings. The summed E-state index contributed by atoms with van der Waals surface area (Å²) in [6, 6.07) is 0. The molecule has 4 nitrogen and oxygen atoms in total. The summed E-state index contributed by atoms with van der Waals surface area (Å²) in [5, 5.41) is 0. The first-order valence-corrected chi connectivity index (χ1v) is 6.17. The lowest BCUT2D eigenvalue weighted by Crippen LogP contribution is -2.25. The van der Waals surface area contributed by atoms with Gasteiger partial charge < -0.3 is 19.9 Å². The third-order valence-corrected chi connectivity index (χ3v) is 2.07. The Bertz CT molecular complexity index is 142. The summed E-state index contributed by atoms with van der Waals surface area (Å²) in [4.78, 5) is 0. The van der Waals surface area contributed by atoms with Crippen molar-refractivity contribution in [2.75, 3.05) is 39.6 Å². The summed E-state index contributed by atoms with van der Waals surface area (Å²) >= 11 is 0. The van der Waals surface area contributed by atoms with Gasteiger partial charge in [-0.1, -0.05) is 13.8 Å². The topological polar surface area (TPSA) is 53.7 Å². The Morgan fingerprint density at radius 2 is 1.75 bits per heavy atom. The maximum atomic E-state index is 5.55. The van der Waals surface area contributed by atoms with Crippen molar-refractivity contribution in [2.45, 2.75) is 33.3 Å². The first-order valence-electron chi connectivity index (χ1n) is 6.17.